The summed E-state index contributed by atoms with van der Waals surface area (Å²) in [5.74, 6) is 3.02. The number of hydrogen-bond acceptors (Lipinski definition) is 7. The zero-order valence-electron chi connectivity index (χ0n) is 25.6. The molecule has 0 atom stereocenters. The van der Waals surface area contributed by atoms with Gasteiger partial charge in [0.1, 0.15) is 12.4 Å². The molecule has 0 aromatic heterocycles. The number of morpholine rings is 1. The zero-order chi connectivity index (χ0) is 29.9. The van der Waals surface area contributed by atoms with Crippen molar-refractivity contribution in [1.82, 2.24) is 10.2 Å². The number of para-hydroxylation sites is 1. The van der Waals surface area contributed by atoms with Gasteiger partial charge in [-0.25, -0.2) is 4.99 Å². The number of fused-ring (bicyclic) bond motifs is 1. The lowest BCUT2D eigenvalue weighted by atomic mass is 10.1. The molecule has 0 spiro atoms. The Labute approximate surface area is 255 Å². The van der Waals surface area contributed by atoms with Crippen molar-refractivity contribution in [3.8, 4) is 11.5 Å². The van der Waals surface area contributed by atoms with Crippen LogP contribution in [0.2, 0.25) is 0 Å². The highest BCUT2D eigenvalue weighted by atomic mass is 16.5. The van der Waals surface area contributed by atoms with Crippen LogP contribution < -0.4 is 25.4 Å². The number of anilines is 2. The molecule has 1 saturated heterocycles. The van der Waals surface area contributed by atoms with Crippen LogP contribution in [0.1, 0.15) is 32.6 Å². The average molecular weight is 585 g/mol. The summed E-state index contributed by atoms with van der Waals surface area (Å²) in [6.45, 7) is 7.83. The Morgan fingerprint density at radius 1 is 1.02 bits per heavy atom. The molecule has 1 fully saturated rings. The molecular weight excluding hydrogens is 540 g/mol. The van der Waals surface area contributed by atoms with Gasteiger partial charge in [0, 0.05) is 56.4 Å². The minimum Gasteiger partial charge on any atom is -0.493 e. The zero-order valence-corrected chi connectivity index (χ0v) is 25.6. The molecule has 5 rings (SSSR count). The van der Waals surface area contributed by atoms with Crippen LogP contribution in [0.15, 0.2) is 93.2 Å². The van der Waals surface area contributed by atoms with E-state index < -0.39 is 0 Å². The molecule has 9 nitrogen and oxygen atoms in total. The van der Waals surface area contributed by atoms with Crippen molar-refractivity contribution in [1.29, 1.82) is 0 Å². The van der Waals surface area contributed by atoms with Crippen molar-refractivity contribution < 1.29 is 14.2 Å². The molecule has 3 aliphatic rings. The standard InChI is InChI=1S/C34H44N6O3/c1-25-11-12-27-22-30(27)26(23-33(37-25)38-28-9-5-4-6-10-28)8-7-15-36-34(35-2)39-29-13-14-31(32(24-29)41-3)43-21-18-40-16-19-42-20-17-40/h4-6,9-10,13-14,22-24,38H,7-8,11-12,15-21H2,1-3H3,(H2,35,36,39)/b30-26-,33-23-,37-25?. The Kier molecular flexibility index (Phi) is 10.9. The van der Waals surface area contributed by atoms with E-state index in [0.29, 0.717) is 18.3 Å². The van der Waals surface area contributed by atoms with Gasteiger partial charge in [0.15, 0.2) is 17.5 Å². The second-order valence-electron chi connectivity index (χ2n) is 10.9. The molecule has 2 aromatic rings. The molecule has 228 valence electrons. The molecule has 0 saturated carbocycles. The maximum atomic E-state index is 6.03. The van der Waals surface area contributed by atoms with Gasteiger partial charge in [0.05, 0.1) is 20.3 Å². The van der Waals surface area contributed by atoms with Crippen LogP contribution in [0, 0.1) is 0 Å². The minimum atomic E-state index is 0.604. The van der Waals surface area contributed by atoms with Crippen LogP contribution in [0.5, 0.6) is 11.5 Å². The predicted molar refractivity (Wildman–Crippen MR) is 176 cm³/mol. The Morgan fingerprint density at radius 3 is 2.65 bits per heavy atom. The lowest BCUT2D eigenvalue weighted by Gasteiger charge is -2.26. The third-order valence-corrected chi connectivity index (χ3v) is 7.69. The highest BCUT2D eigenvalue weighted by Gasteiger charge is 2.21. The van der Waals surface area contributed by atoms with Gasteiger partial charge < -0.3 is 30.2 Å². The predicted octanol–water partition coefficient (Wildman–Crippen LogP) is 5.62. The SMILES string of the molecule is CN=C(NCCCC1=C2C=C\2CCC(C)=N\C(Nc2ccccc2)=C\1)Nc1ccc(OCCN2CCOCC2)c(OC)c1. The van der Waals surface area contributed by atoms with E-state index in [4.69, 9.17) is 19.2 Å². The number of ether oxygens (including phenoxy) is 3. The number of allylic oxidation sites excluding steroid dienone is 5. The molecule has 2 aliphatic heterocycles. The molecule has 0 bridgehead atoms. The largest absolute Gasteiger partial charge is 0.493 e. The molecule has 43 heavy (non-hydrogen) atoms. The fourth-order valence-electron chi connectivity index (χ4n) is 5.21. The third kappa shape index (κ3) is 9.20. The lowest BCUT2D eigenvalue weighted by Crippen LogP contribution is -2.38. The summed E-state index contributed by atoms with van der Waals surface area (Å²) < 4.78 is 17.1. The van der Waals surface area contributed by atoms with Crippen LogP contribution in [0.25, 0.3) is 0 Å². The first-order chi connectivity index (χ1) is 21.1. The highest BCUT2D eigenvalue weighted by Crippen LogP contribution is 2.38. The van der Waals surface area contributed by atoms with Crippen molar-refractivity contribution in [3.05, 3.63) is 83.2 Å². The number of benzene rings is 2. The van der Waals surface area contributed by atoms with Gasteiger partial charge in [-0.05, 0) is 79.7 Å². The topological polar surface area (TPSA) is 91.7 Å². The second-order valence-corrected chi connectivity index (χ2v) is 10.9. The fraction of sp³-hybridized carbons (Fsp3) is 0.412. The second kappa shape index (κ2) is 15.4. The Balaban J connectivity index is 1.13. The molecular formula is C34H44N6O3. The van der Waals surface area contributed by atoms with Gasteiger partial charge in [0.2, 0.25) is 0 Å². The number of nitrogens with zero attached hydrogens (tertiary/aromatic N) is 3. The molecule has 2 heterocycles. The van der Waals surface area contributed by atoms with Crippen LogP contribution in [-0.2, 0) is 4.74 Å². The van der Waals surface area contributed by atoms with Crippen LogP contribution >= 0.6 is 0 Å². The van der Waals surface area contributed by atoms with Crippen molar-refractivity contribution >= 4 is 23.0 Å². The molecule has 9 heteroatoms. The van der Waals surface area contributed by atoms with Crippen LogP contribution in [0.4, 0.5) is 11.4 Å². The molecule has 0 radical (unpaired) electrons. The number of guanidine groups is 1. The molecule has 2 aromatic carbocycles. The van der Waals surface area contributed by atoms with E-state index in [2.05, 4.69) is 57.1 Å². The fourth-order valence-corrected chi connectivity index (χ4v) is 5.21. The number of hydrogen-bond donors (Lipinski definition) is 3. The van der Waals surface area contributed by atoms with E-state index in [0.717, 1.165) is 93.7 Å². The van der Waals surface area contributed by atoms with E-state index in [1.807, 2.05) is 36.4 Å². The first-order valence-electron chi connectivity index (χ1n) is 15.2. The molecule has 3 N–H and O–H groups in total. The summed E-state index contributed by atoms with van der Waals surface area (Å²) in [6, 6.07) is 16.1. The van der Waals surface area contributed by atoms with E-state index in [-0.39, 0.29) is 0 Å². The first kappa shape index (κ1) is 30.4. The highest BCUT2D eigenvalue weighted by molar-refractivity contribution is 5.93. The molecule has 1 aliphatic carbocycles. The van der Waals surface area contributed by atoms with Gasteiger partial charge in [-0.15, -0.1) is 0 Å². The third-order valence-electron chi connectivity index (χ3n) is 7.69. The first-order valence-corrected chi connectivity index (χ1v) is 15.2. The smallest absolute Gasteiger partial charge is 0.195 e. The van der Waals surface area contributed by atoms with Gasteiger partial charge in [-0.3, -0.25) is 9.89 Å². The Morgan fingerprint density at radius 2 is 1.86 bits per heavy atom. The molecule has 0 unspecified atom stereocenters. The maximum Gasteiger partial charge on any atom is 0.195 e. The Bertz CT molecular complexity index is 1390. The summed E-state index contributed by atoms with van der Waals surface area (Å²) in [5.41, 5.74) is 7.23. The molecule has 0 amide bonds. The van der Waals surface area contributed by atoms with Crippen LogP contribution in [0.3, 0.4) is 0 Å². The summed E-state index contributed by atoms with van der Waals surface area (Å²) in [4.78, 5) is 11.7. The van der Waals surface area contributed by atoms with E-state index in [1.54, 1.807) is 14.2 Å². The maximum absolute atomic E-state index is 6.03. The van der Waals surface area contributed by atoms with E-state index in [1.165, 1.54) is 16.7 Å². The summed E-state index contributed by atoms with van der Waals surface area (Å²) in [5, 5.41) is 10.3. The lowest BCUT2D eigenvalue weighted by molar-refractivity contribution is 0.0321. The summed E-state index contributed by atoms with van der Waals surface area (Å²) >= 11 is 0. The minimum absolute atomic E-state index is 0.604. The van der Waals surface area contributed by atoms with Crippen molar-refractivity contribution in [2.45, 2.75) is 32.6 Å². The normalized spacial score (nSPS) is 20.3. The number of rotatable bonds is 12. The van der Waals surface area contributed by atoms with Crippen molar-refractivity contribution in [2.75, 3.05) is 70.8 Å². The number of aliphatic imine (C=N–C) groups is 2. The van der Waals surface area contributed by atoms with E-state index >= 15 is 0 Å². The number of nitrogens with one attached hydrogen (secondary N) is 3. The van der Waals surface area contributed by atoms with Gasteiger partial charge in [0.25, 0.3) is 0 Å². The number of methoxy groups -OCH3 is 1. The Hall–Kier alpha value is -4.08. The monoisotopic (exact) mass is 584 g/mol. The van der Waals surface area contributed by atoms with E-state index in [9.17, 15) is 0 Å². The van der Waals surface area contributed by atoms with Crippen molar-refractivity contribution in [2.24, 2.45) is 9.98 Å². The average Bonchev–Trinajstić information content (AvgIpc) is 3.81. The van der Waals surface area contributed by atoms with Crippen molar-refractivity contribution in [3.63, 3.8) is 0 Å². The summed E-state index contributed by atoms with van der Waals surface area (Å²) in [7, 11) is 3.44. The van der Waals surface area contributed by atoms with Gasteiger partial charge in [-0.2, -0.15) is 0 Å². The van der Waals surface area contributed by atoms with Gasteiger partial charge in [-0.1, -0.05) is 24.3 Å². The summed E-state index contributed by atoms with van der Waals surface area (Å²) in [6.07, 6.45) is 8.46. The van der Waals surface area contributed by atoms with Crippen LogP contribution in [-0.4, -0.2) is 76.7 Å². The van der Waals surface area contributed by atoms with Gasteiger partial charge >= 0.3 is 0 Å². The quantitative estimate of drug-likeness (QED) is 0.170.